The van der Waals surface area contributed by atoms with E-state index in [9.17, 15) is 9.18 Å². The Morgan fingerprint density at radius 1 is 0.933 bits per heavy atom. The number of ether oxygens (including phenoxy) is 2. The Morgan fingerprint density at radius 2 is 1.70 bits per heavy atom. The van der Waals surface area contributed by atoms with Crippen molar-refractivity contribution in [3.05, 3.63) is 72.5 Å². The van der Waals surface area contributed by atoms with Crippen molar-refractivity contribution in [2.24, 2.45) is 0 Å². The van der Waals surface area contributed by atoms with Crippen LogP contribution in [0.3, 0.4) is 0 Å². The van der Waals surface area contributed by atoms with E-state index in [0.717, 1.165) is 30.4 Å². The van der Waals surface area contributed by atoms with E-state index < -0.39 is 0 Å². The van der Waals surface area contributed by atoms with Crippen LogP contribution in [-0.2, 0) is 9.53 Å². The van der Waals surface area contributed by atoms with E-state index in [1.807, 2.05) is 42.5 Å². The number of nitrogens with zero attached hydrogens (tertiary/aromatic N) is 1. The molecule has 0 bridgehead atoms. The number of benzene rings is 2. The first-order chi connectivity index (χ1) is 14.7. The normalized spacial score (nSPS) is 10.6. The molecule has 3 rings (SSSR count). The van der Waals surface area contributed by atoms with Crippen LogP contribution in [0, 0.1) is 5.82 Å². The van der Waals surface area contributed by atoms with Gasteiger partial charge in [0.25, 0.3) is 0 Å². The molecule has 0 aliphatic heterocycles. The van der Waals surface area contributed by atoms with Gasteiger partial charge in [0.15, 0.2) is 0 Å². The zero-order valence-electron chi connectivity index (χ0n) is 17.1. The highest BCUT2D eigenvalue weighted by Gasteiger charge is 2.11. The third kappa shape index (κ3) is 6.14. The number of hydrogen-bond acceptors (Lipinski definition) is 4. The van der Waals surface area contributed by atoms with Gasteiger partial charge in [-0.15, -0.1) is 0 Å². The SMILES string of the molecule is CCOC(=O)CCCCCOc1cc(-c2ccccc2)cc(-c2ccccc2F)n1. The molecule has 0 aliphatic rings. The molecule has 0 unspecified atom stereocenters. The first kappa shape index (κ1) is 21.5. The lowest BCUT2D eigenvalue weighted by Crippen LogP contribution is -2.04. The zero-order chi connectivity index (χ0) is 21.2. The van der Waals surface area contributed by atoms with Crippen molar-refractivity contribution < 1.29 is 18.7 Å². The molecule has 0 fully saturated rings. The average Bonchev–Trinajstić information content (AvgIpc) is 2.77. The van der Waals surface area contributed by atoms with Gasteiger partial charge in [0, 0.05) is 18.1 Å². The molecule has 3 aromatic rings. The predicted octanol–water partition coefficient (Wildman–Crippen LogP) is 6.06. The summed E-state index contributed by atoms with van der Waals surface area (Å²) in [5.74, 6) is -0.0229. The first-order valence-corrected chi connectivity index (χ1v) is 10.3. The largest absolute Gasteiger partial charge is 0.478 e. The molecule has 0 N–H and O–H groups in total. The molecule has 0 amide bonds. The lowest BCUT2D eigenvalue weighted by atomic mass is 10.0. The maximum atomic E-state index is 14.3. The van der Waals surface area contributed by atoms with E-state index in [1.54, 1.807) is 25.1 Å². The number of unbranched alkanes of at least 4 members (excludes halogenated alkanes) is 2. The quantitative estimate of drug-likeness (QED) is 0.303. The minimum atomic E-state index is -0.319. The standard InChI is InChI=1S/C25H26FNO3/c1-2-29-25(28)15-7-4-10-16-30-24-18-20(19-11-5-3-6-12-19)17-23(27-24)21-13-8-9-14-22(21)26/h3,5-6,8-9,11-14,17-18H,2,4,7,10,15-16H2,1H3. The van der Waals surface area contributed by atoms with Crippen molar-refractivity contribution in [2.75, 3.05) is 13.2 Å². The number of aromatic nitrogens is 1. The molecule has 30 heavy (non-hydrogen) atoms. The molecule has 0 radical (unpaired) electrons. The topological polar surface area (TPSA) is 48.4 Å². The van der Waals surface area contributed by atoms with Gasteiger partial charge in [-0.3, -0.25) is 4.79 Å². The van der Waals surface area contributed by atoms with Crippen LogP contribution in [-0.4, -0.2) is 24.2 Å². The molecule has 1 heterocycles. The van der Waals surface area contributed by atoms with E-state index in [4.69, 9.17) is 9.47 Å². The minimum absolute atomic E-state index is 0.162. The number of carbonyl (C=O) groups excluding carboxylic acids is 1. The van der Waals surface area contributed by atoms with Crippen LogP contribution in [0.2, 0.25) is 0 Å². The number of pyridine rings is 1. The molecule has 5 heteroatoms. The molecule has 0 saturated carbocycles. The fraction of sp³-hybridized carbons (Fsp3) is 0.280. The Bertz CT molecular complexity index is 960. The number of esters is 1. The van der Waals surface area contributed by atoms with Crippen LogP contribution in [0.4, 0.5) is 4.39 Å². The van der Waals surface area contributed by atoms with E-state index in [-0.39, 0.29) is 11.8 Å². The summed E-state index contributed by atoms with van der Waals surface area (Å²) in [5, 5.41) is 0. The van der Waals surface area contributed by atoms with Gasteiger partial charge >= 0.3 is 5.97 Å². The van der Waals surface area contributed by atoms with Gasteiger partial charge in [-0.25, -0.2) is 9.37 Å². The number of hydrogen-bond donors (Lipinski definition) is 0. The van der Waals surface area contributed by atoms with Crippen molar-refractivity contribution in [2.45, 2.75) is 32.6 Å². The predicted molar refractivity (Wildman–Crippen MR) is 116 cm³/mol. The third-order valence-electron chi connectivity index (χ3n) is 4.64. The second-order valence-electron chi connectivity index (χ2n) is 6.89. The van der Waals surface area contributed by atoms with Crippen molar-refractivity contribution in [1.29, 1.82) is 0 Å². The summed E-state index contributed by atoms with van der Waals surface area (Å²) in [6.07, 6.45) is 2.84. The zero-order valence-corrected chi connectivity index (χ0v) is 17.1. The number of carbonyl (C=O) groups is 1. The molecule has 4 nitrogen and oxygen atoms in total. The van der Waals surface area contributed by atoms with Crippen molar-refractivity contribution in [1.82, 2.24) is 4.98 Å². The summed E-state index contributed by atoms with van der Waals surface area (Å²) >= 11 is 0. The Kier molecular flexibility index (Phi) is 7.95. The Balaban J connectivity index is 1.70. The summed E-state index contributed by atoms with van der Waals surface area (Å²) in [6, 6.07) is 20.2. The highest BCUT2D eigenvalue weighted by Crippen LogP contribution is 2.30. The van der Waals surface area contributed by atoms with Crippen LogP contribution in [0.25, 0.3) is 22.4 Å². The molecular formula is C25H26FNO3. The number of halogens is 1. The van der Waals surface area contributed by atoms with Crippen LogP contribution < -0.4 is 4.74 Å². The van der Waals surface area contributed by atoms with Gasteiger partial charge < -0.3 is 9.47 Å². The minimum Gasteiger partial charge on any atom is -0.478 e. The average molecular weight is 407 g/mol. The summed E-state index contributed by atoms with van der Waals surface area (Å²) in [7, 11) is 0. The van der Waals surface area contributed by atoms with Gasteiger partial charge in [-0.2, -0.15) is 0 Å². The van der Waals surface area contributed by atoms with Crippen molar-refractivity contribution in [3.8, 4) is 28.3 Å². The van der Waals surface area contributed by atoms with Crippen LogP contribution >= 0.6 is 0 Å². The van der Waals surface area contributed by atoms with Crippen LogP contribution in [0.15, 0.2) is 66.7 Å². The molecule has 156 valence electrons. The van der Waals surface area contributed by atoms with E-state index in [0.29, 0.717) is 36.8 Å². The molecule has 1 aromatic heterocycles. The Labute approximate surface area is 176 Å². The van der Waals surface area contributed by atoms with Gasteiger partial charge in [-0.1, -0.05) is 42.5 Å². The lowest BCUT2D eigenvalue weighted by Gasteiger charge is -2.11. The Hall–Kier alpha value is -3.21. The maximum Gasteiger partial charge on any atom is 0.305 e. The highest BCUT2D eigenvalue weighted by atomic mass is 19.1. The fourth-order valence-corrected chi connectivity index (χ4v) is 3.14. The Morgan fingerprint density at radius 3 is 2.47 bits per heavy atom. The second kappa shape index (κ2) is 11.1. The fourth-order valence-electron chi connectivity index (χ4n) is 3.14. The second-order valence-corrected chi connectivity index (χ2v) is 6.89. The van der Waals surface area contributed by atoms with Gasteiger partial charge in [0.05, 0.1) is 18.9 Å². The van der Waals surface area contributed by atoms with Crippen molar-refractivity contribution >= 4 is 5.97 Å². The first-order valence-electron chi connectivity index (χ1n) is 10.3. The van der Waals surface area contributed by atoms with Crippen LogP contribution in [0.5, 0.6) is 5.88 Å². The maximum absolute atomic E-state index is 14.3. The summed E-state index contributed by atoms with van der Waals surface area (Å²) in [5.41, 5.74) is 2.90. The smallest absolute Gasteiger partial charge is 0.305 e. The van der Waals surface area contributed by atoms with E-state index in [2.05, 4.69) is 4.98 Å². The molecule has 2 aromatic carbocycles. The molecular weight excluding hydrogens is 381 g/mol. The molecule has 0 spiro atoms. The van der Waals surface area contributed by atoms with Gasteiger partial charge in [0.1, 0.15) is 5.82 Å². The van der Waals surface area contributed by atoms with E-state index in [1.165, 1.54) is 6.07 Å². The summed E-state index contributed by atoms with van der Waals surface area (Å²) in [6.45, 7) is 2.69. The molecule has 0 aliphatic carbocycles. The highest BCUT2D eigenvalue weighted by molar-refractivity contribution is 5.72. The molecule has 0 atom stereocenters. The van der Waals surface area contributed by atoms with Crippen molar-refractivity contribution in [3.63, 3.8) is 0 Å². The monoisotopic (exact) mass is 407 g/mol. The number of rotatable bonds is 10. The lowest BCUT2D eigenvalue weighted by molar-refractivity contribution is -0.143. The molecule has 0 saturated heterocycles. The third-order valence-corrected chi connectivity index (χ3v) is 4.64. The van der Waals surface area contributed by atoms with Gasteiger partial charge in [0.2, 0.25) is 5.88 Å². The summed E-state index contributed by atoms with van der Waals surface area (Å²) < 4.78 is 25.1. The van der Waals surface area contributed by atoms with E-state index >= 15 is 0 Å². The van der Waals surface area contributed by atoms with Crippen LogP contribution in [0.1, 0.15) is 32.6 Å². The van der Waals surface area contributed by atoms with Gasteiger partial charge in [-0.05, 0) is 55.5 Å². The summed E-state index contributed by atoms with van der Waals surface area (Å²) in [4.78, 5) is 15.9.